The van der Waals surface area contributed by atoms with Gasteiger partial charge in [0.2, 0.25) is 0 Å². The summed E-state index contributed by atoms with van der Waals surface area (Å²) in [5.41, 5.74) is 3.06. The fourth-order valence-corrected chi connectivity index (χ4v) is 3.04. The maximum atomic E-state index is 12.1. The molecule has 0 bridgehead atoms. The maximum Gasteiger partial charge on any atom is 0.251 e. The molecule has 0 saturated heterocycles. The van der Waals surface area contributed by atoms with Gasteiger partial charge in [0.1, 0.15) is 0 Å². The second-order valence-corrected chi connectivity index (χ2v) is 5.67. The van der Waals surface area contributed by atoms with E-state index in [1.54, 1.807) is 11.3 Å². The van der Waals surface area contributed by atoms with Crippen LogP contribution in [0.1, 0.15) is 15.2 Å². The van der Waals surface area contributed by atoms with Crippen molar-refractivity contribution in [3.05, 3.63) is 82.6 Å². The number of amides is 1. The number of hydrogen-bond donors (Lipinski definition) is 1. The zero-order valence-corrected chi connectivity index (χ0v) is 12.3. The topological polar surface area (TPSA) is 29.1 Å². The average Bonchev–Trinajstić information content (AvgIpc) is 3.03. The molecule has 1 aromatic heterocycles. The lowest BCUT2D eigenvalue weighted by Crippen LogP contribution is -2.22. The Morgan fingerprint density at radius 2 is 1.57 bits per heavy atom. The molecule has 3 heteroatoms. The van der Waals surface area contributed by atoms with Crippen molar-refractivity contribution in [1.29, 1.82) is 0 Å². The first kappa shape index (κ1) is 13.6. The van der Waals surface area contributed by atoms with E-state index in [0.29, 0.717) is 12.1 Å². The van der Waals surface area contributed by atoms with Gasteiger partial charge in [-0.15, -0.1) is 11.3 Å². The molecule has 21 heavy (non-hydrogen) atoms. The van der Waals surface area contributed by atoms with E-state index < -0.39 is 0 Å². The summed E-state index contributed by atoms with van der Waals surface area (Å²) in [6, 6.07) is 21.6. The molecular weight excluding hydrogens is 278 g/mol. The summed E-state index contributed by atoms with van der Waals surface area (Å²) >= 11 is 1.67. The van der Waals surface area contributed by atoms with Crippen molar-refractivity contribution >= 4 is 17.2 Å². The van der Waals surface area contributed by atoms with Gasteiger partial charge in [-0.25, -0.2) is 0 Å². The van der Waals surface area contributed by atoms with Gasteiger partial charge in [-0.05, 0) is 34.7 Å². The van der Waals surface area contributed by atoms with Crippen LogP contribution in [0.5, 0.6) is 0 Å². The number of hydrogen-bond acceptors (Lipinski definition) is 2. The lowest BCUT2D eigenvalue weighted by molar-refractivity contribution is 0.0951. The van der Waals surface area contributed by atoms with Gasteiger partial charge in [0.25, 0.3) is 5.91 Å². The van der Waals surface area contributed by atoms with E-state index in [-0.39, 0.29) is 5.91 Å². The predicted molar refractivity (Wildman–Crippen MR) is 87.4 cm³/mol. The predicted octanol–water partition coefficient (Wildman–Crippen LogP) is 4.35. The SMILES string of the molecule is O=C(NCc1sccc1-c1ccccc1)c1ccccc1. The third kappa shape index (κ3) is 3.20. The maximum absolute atomic E-state index is 12.1. The molecule has 3 rings (SSSR count). The molecule has 0 aliphatic heterocycles. The largest absolute Gasteiger partial charge is 0.347 e. The molecule has 1 N–H and O–H groups in total. The lowest BCUT2D eigenvalue weighted by atomic mass is 10.1. The fraction of sp³-hybridized carbons (Fsp3) is 0.0556. The number of carbonyl (C=O) groups is 1. The Morgan fingerprint density at radius 3 is 2.29 bits per heavy atom. The first-order valence-electron chi connectivity index (χ1n) is 6.79. The number of nitrogens with one attached hydrogen (secondary N) is 1. The minimum Gasteiger partial charge on any atom is -0.347 e. The molecule has 0 saturated carbocycles. The van der Waals surface area contributed by atoms with Crippen LogP contribution < -0.4 is 5.32 Å². The Balaban J connectivity index is 1.73. The smallest absolute Gasteiger partial charge is 0.251 e. The summed E-state index contributed by atoms with van der Waals surface area (Å²) < 4.78 is 0. The molecule has 0 aliphatic carbocycles. The van der Waals surface area contributed by atoms with E-state index in [9.17, 15) is 4.79 Å². The zero-order valence-electron chi connectivity index (χ0n) is 11.5. The van der Waals surface area contributed by atoms with Crippen molar-refractivity contribution in [2.45, 2.75) is 6.54 Å². The normalized spacial score (nSPS) is 10.3. The van der Waals surface area contributed by atoms with Crippen LogP contribution >= 0.6 is 11.3 Å². The van der Waals surface area contributed by atoms with Crippen LogP contribution in [0.25, 0.3) is 11.1 Å². The highest BCUT2D eigenvalue weighted by molar-refractivity contribution is 7.10. The Kier molecular flexibility index (Phi) is 4.12. The van der Waals surface area contributed by atoms with Crippen LogP contribution in [0.3, 0.4) is 0 Å². The molecule has 0 fully saturated rings. The summed E-state index contributed by atoms with van der Waals surface area (Å²) in [6.07, 6.45) is 0. The molecule has 104 valence electrons. The standard InChI is InChI=1S/C18H15NOS/c20-18(15-9-5-2-6-10-15)19-13-17-16(11-12-21-17)14-7-3-1-4-8-14/h1-12H,13H2,(H,19,20). The number of carbonyl (C=O) groups excluding carboxylic acids is 1. The van der Waals surface area contributed by atoms with Crippen LogP contribution in [0.15, 0.2) is 72.1 Å². The molecule has 0 spiro atoms. The Hall–Kier alpha value is -2.39. The Morgan fingerprint density at radius 1 is 0.905 bits per heavy atom. The van der Waals surface area contributed by atoms with Crippen LogP contribution in [-0.2, 0) is 6.54 Å². The quantitative estimate of drug-likeness (QED) is 0.761. The van der Waals surface area contributed by atoms with Gasteiger partial charge in [0, 0.05) is 10.4 Å². The van der Waals surface area contributed by atoms with E-state index in [4.69, 9.17) is 0 Å². The lowest BCUT2D eigenvalue weighted by Gasteiger charge is -2.06. The van der Waals surface area contributed by atoms with Gasteiger partial charge in [-0.3, -0.25) is 4.79 Å². The van der Waals surface area contributed by atoms with Crippen molar-refractivity contribution in [2.75, 3.05) is 0 Å². The molecular formula is C18H15NOS. The zero-order chi connectivity index (χ0) is 14.5. The number of benzene rings is 2. The molecule has 2 nitrogen and oxygen atoms in total. The van der Waals surface area contributed by atoms with Gasteiger partial charge in [-0.2, -0.15) is 0 Å². The monoisotopic (exact) mass is 293 g/mol. The van der Waals surface area contributed by atoms with Gasteiger partial charge >= 0.3 is 0 Å². The minimum absolute atomic E-state index is 0.0389. The second-order valence-electron chi connectivity index (χ2n) is 4.67. The van der Waals surface area contributed by atoms with E-state index in [1.807, 2.05) is 48.5 Å². The molecule has 0 unspecified atom stereocenters. The van der Waals surface area contributed by atoms with Gasteiger partial charge in [0.15, 0.2) is 0 Å². The van der Waals surface area contributed by atoms with Crippen LogP contribution in [0, 0.1) is 0 Å². The third-order valence-corrected chi connectivity index (χ3v) is 4.20. The highest BCUT2D eigenvalue weighted by Crippen LogP contribution is 2.28. The summed E-state index contributed by atoms with van der Waals surface area (Å²) in [4.78, 5) is 13.3. The number of thiophene rings is 1. The molecule has 2 aromatic carbocycles. The third-order valence-electron chi connectivity index (χ3n) is 3.28. The molecule has 1 amide bonds. The molecule has 0 atom stereocenters. The second kappa shape index (κ2) is 6.37. The average molecular weight is 293 g/mol. The molecule has 0 radical (unpaired) electrons. The first-order valence-corrected chi connectivity index (χ1v) is 7.67. The van der Waals surface area contributed by atoms with Gasteiger partial charge in [-0.1, -0.05) is 48.5 Å². The number of rotatable bonds is 4. The van der Waals surface area contributed by atoms with E-state index in [2.05, 4.69) is 28.9 Å². The van der Waals surface area contributed by atoms with Crippen molar-refractivity contribution in [3.8, 4) is 11.1 Å². The molecule has 1 heterocycles. The summed E-state index contributed by atoms with van der Waals surface area (Å²) in [7, 11) is 0. The summed E-state index contributed by atoms with van der Waals surface area (Å²) in [6.45, 7) is 0.551. The summed E-state index contributed by atoms with van der Waals surface area (Å²) in [5, 5.41) is 5.04. The van der Waals surface area contributed by atoms with Crippen LogP contribution in [0.4, 0.5) is 0 Å². The Bertz CT molecular complexity index is 719. The van der Waals surface area contributed by atoms with E-state index >= 15 is 0 Å². The van der Waals surface area contributed by atoms with Crippen molar-refractivity contribution < 1.29 is 4.79 Å². The van der Waals surface area contributed by atoms with Gasteiger partial charge < -0.3 is 5.32 Å². The van der Waals surface area contributed by atoms with Crippen molar-refractivity contribution in [1.82, 2.24) is 5.32 Å². The highest BCUT2D eigenvalue weighted by Gasteiger charge is 2.09. The van der Waals surface area contributed by atoms with Crippen molar-refractivity contribution in [2.24, 2.45) is 0 Å². The first-order chi connectivity index (χ1) is 10.3. The minimum atomic E-state index is -0.0389. The van der Waals surface area contributed by atoms with E-state index in [0.717, 1.165) is 0 Å². The van der Waals surface area contributed by atoms with Crippen LogP contribution in [-0.4, -0.2) is 5.91 Å². The summed E-state index contributed by atoms with van der Waals surface area (Å²) in [5.74, 6) is -0.0389. The highest BCUT2D eigenvalue weighted by atomic mass is 32.1. The fourth-order valence-electron chi connectivity index (χ4n) is 2.20. The van der Waals surface area contributed by atoms with Gasteiger partial charge in [0.05, 0.1) is 6.54 Å². The van der Waals surface area contributed by atoms with Crippen LogP contribution in [0.2, 0.25) is 0 Å². The Labute approximate surface area is 128 Å². The van der Waals surface area contributed by atoms with E-state index in [1.165, 1.54) is 16.0 Å². The molecule has 3 aromatic rings. The van der Waals surface area contributed by atoms with Crippen molar-refractivity contribution in [3.63, 3.8) is 0 Å². The molecule has 0 aliphatic rings.